The highest BCUT2D eigenvalue weighted by molar-refractivity contribution is 7.80. The second-order valence-corrected chi connectivity index (χ2v) is 6.34. The third-order valence-corrected chi connectivity index (χ3v) is 4.91. The minimum atomic E-state index is 0.161. The smallest absolute Gasteiger partial charge is 0.229 e. The van der Waals surface area contributed by atoms with Crippen LogP contribution in [0.2, 0.25) is 0 Å². The van der Waals surface area contributed by atoms with Crippen LogP contribution >= 0.6 is 24.0 Å². The van der Waals surface area contributed by atoms with Crippen molar-refractivity contribution in [3.05, 3.63) is 35.2 Å². The molecule has 1 aliphatic rings. The highest BCUT2D eigenvalue weighted by atomic mass is 32.1. The average molecular weight is 304 g/mol. The molecular weight excluding hydrogens is 288 g/mol. The van der Waals surface area contributed by atoms with Gasteiger partial charge in [-0.3, -0.25) is 9.69 Å². The Kier molecular flexibility index (Phi) is 3.81. The van der Waals surface area contributed by atoms with Crippen LogP contribution in [0.25, 0.3) is 11.3 Å². The van der Waals surface area contributed by atoms with E-state index in [0.29, 0.717) is 12.3 Å². The number of anilines is 1. The normalized spacial score (nSPS) is 18.8. The molecule has 1 fully saturated rings. The molecule has 0 N–H and O–H groups in total. The molecule has 104 valence electrons. The van der Waals surface area contributed by atoms with Crippen molar-refractivity contribution in [3.63, 3.8) is 0 Å². The van der Waals surface area contributed by atoms with Gasteiger partial charge in [0.15, 0.2) is 5.13 Å². The van der Waals surface area contributed by atoms with Gasteiger partial charge in [0.1, 0.15) is 0 Å². The van der Waals surface area contributed by atoms with Gasteiger partial charge in [0.25, 0.3) is 0 Å². The van der Waals surface area contributed by atoms with E-state index in [1.165, 1.54) is 16.9 Å². The molecule has 2 aromatic rings. The molecule has 0 bridgehead atoms. The second-order valence-electron chi connectivity index (χ2n) is 5.14. The van der Waals surface area contributed by atoms with Crippen LogP contribution in [-0.2, 0) is 4.79 Å². The van der Waals surface area contributed by atoms with Gasteiger partial charge in [0.2, 0.25) is 5.91 Å². The number of rotatable bonds is 3. The lowest BCUT2D eigenvalue weighted by molar-refractivity contribution is -0.117. The maximum absolute atomic E-state index is 12.0. The van der Waals surface area contributed by atoms with Gasteiger partial charge in [-0.2, -0.15) is 12.6 Å². The maximum Gasteiger partial charge on any atom is 0.229 e. The summed E-state index contributed by atoms with van der Waals surface area (Å²) in [5, 5.41) is 2.82. The van der Waals surface area contributed by atoms with Crippen LogP contribution in [-0.4, -0.2) is 23.2 Å². The van der Waals surface area contributed by atoms with Crippen LogP contribution in [0.5, 0.6) is 0 Å². The number of benzene rings is 1. The molecule has 1 unspecified atom stereocenters. The summed E-state index contributed by atoms with van der Waals surface area (Å²) in [7, 11) is 0. The summed E-state index contributed by atoms with van der Waals surface area (Å²) in [6, 6.07) is 8.28. The molecule has 0 spiro atoms. The number of aromatic nitrogens is 1. The van der Waals surface area contributed by atoms with Crippen molar-refractivity contribution in [1.29, 1.82) is 0 Å². The molecule has 3 rings (SSSR count). The molecule has 1 aliphatic heterocycles. The fourth-order valence-corrected chi connectivity index (χ4v) is 3.44. The van der Waals surface area contributed by atoms with Gasteiger partial charge >= 0.3 is 0 Å². The van der Waals surface area contributed by atoms with E-state index in [4.69, 9.17) is 0 Å². The van der Waals surface area contributed by atoms with E-state index in [-0.39, 0.29) is 5.91 Å². The predicted molar refractivity (Wildman–Crippen MR) is 86.6 cm³/mol. The number of hydrogen-bond donors (Lipinski definition) is 1. The summed E-state index contributed by atoms with van der Waals surface area (Å²) in [5.74, 6) is 1.25. The van der Waals surface area contributed by atoms with Crippen LogP contribution in [0.15, 0.2) is 29.6 Å². The van der Waals surface area contributed by atoms with Gasteiger partial charge in [0.05, 0.1) is 5.69 Å². The van der Waals surface area contributed by atoms with E-state index in [1.54, 1.807) is 4.90 Å². The molecule has 0 aliphatic carbocycles. The number of carbonyl (C=O) groups excluding carboxylic acids is 1. The molecule has 1 aromatic heterocycles. The lowest BCUT2D eigenvalue weighted by Crippen LogP contribution is -2.24. The molecule has 3 nitrogen and oxygen atoms in total. The number of hydrogen-bond acceptors (Lipinski definition) is 4. The summed E-state index contributed by atoms with van der Waals surface area (Å²) < 4.78 is 0. The Balaban J connectivity index is 1.83. The van der Waals surface area contributed by atoms with Gasteiger partial charge in [-0.1, -0.05) is 29.8 Å². The zero-order valence-electron chi connectivity index (χ0n) is 11.2. The number of amides is 1. The fraction of sp³-hybridized carbons (Fsp3) is 0.333. The Labute approximate surface area is 128 Å². The Hall–Kier alpha value is -1.33. The van der Waals surface area contributed by atoms with Gasteiger partial charge in [-0.15, -0.1) is 11.3 Å². The Morgan fingerprint density at radius 2 is 2.15 bits per heavy atom. The van der Waals surface area contributed by atoms with E-state index in [9.17, 15) is 4.79 Å². The standard InChI is InChI=1S/C15H16N2OS2/c1-10-2-4-12(5-3-10)13-9-20-15(16-13)17-7-11(8-19)6-14(17)18/h2-5,9,11,19H,6-8H2,1H3. The van der Waals surface area contributed by atoms with E-state index in [2.05, 4.69) is 48.8 Å². The molecule has 1 saturated heterocycles. The summed E-state index contributed by atoms with van der Waals surface area (Å²) >= 11 is 5.82. The minimum Gasteiger partial charge on any atom is -0.288 e. The van der Waals surface area contributed by atoms with Crippen molar-refractivity contribution >= 4 is 35.0 Å². The molecular formula is C15H16N2OS2. The number of thiazole rings is 1. The highest BCUT2D eigenvalue weighted by Crippen LogP contribution is 2.31. The van der Waals surface area contributed by atoms with Crippen molar-refractivity contribution in [2.24, 2.45) is 5.92 Å². The maximum atomic E-state index is 12.0. The van der Waals surface area contributed by atoms with Crippen molar-refractivity contribution in [2.45, 2.75) is 13.3 Å². The van der Waals surface area contributed by atoms with Crippen LogP contribution in [0.4, 0.5) is 5.13 Å². The predicted octanol–water partition coefficient (Wildman–Crippen LogP) is 3.40. The summed E-state index contributed by atoms with van der Waals surface area (Å²) in [4.78, 5) is 18.4. The molecule has 1 atom stereocenters. The van der Waals surface area contributed by atoms with Crippen molar-refractivity contribution in [3.8, 4) is 11.3 Å². The molecule has 1 aromatic carbocycles. The molecule has 0 radical (unpaired) electrons. The van der Waals surface area contributed by atoms with Gasteiger partial charge in [-0.25, -0.2) is 4.98 Å². The van der Waals surface area contributed by atoms with E-state index in [1.807, 2.05) is 5.38 Å². The summed E-state index contributed by atoms with van der Waals surface area (Å²) in [5.41, 5.74) is 3.26. The minimum absolute atomic E-state index is 0.161. The van der Waals surface area contributed by atoms with Crippen molar-refractivity contribution in [2.75, 3.05) is 17.2 Å². The SMILES string of the molecule is Cc1ccc(-c2csc(N3CC(CS)CC3=O)n2)cc1. The molecule has 2 heterocycles. The monoisotopic (exact) mass is 304 g/mol. The first-order valence-electron chi connectivity index (χ1n) is 6.61. The van der Waals surface area contributed by atoms with Crippen molar-refractivity contribution < 1.29 is 4.79 Å². The van der Waals surface area contributed by atoms with Crippen LogP contribution in [0, 0.1) is 12.8 Å². The van der Waals surface area contributed by atoms with Crippen LogP contribution in [0.1, 0.15) is 12.0 Å². The number of aryl methyl sites for hydroxylation is 1. The average Bonchev–Trinajstić information content (AvgIpc) is 3.06. The Bertz CT molecular complexity index is 621. The molecule has 20 heavy (non-hydrogen) atoms. The van der Waals surface area contributed by atoms with E-state index in [0.717, 1.165) is 28.7 Å². The zero-order valence-corrected chi connectivity index (χ0v) is 13.0. The Morgan fingerprint density at radius 3 is 2.80 bits per heavy atom. The quantitative estimate of drug-likeness (QED) is 0.882. The van der Waals surface area contributed by atoms with E-state index < -0.39 is 0 Å². The number of nitrogens with zero attached hydrogens (tertiary/aromatic N) is 2. The third-order valence-electron chi connectivity index (χ3n) is 3.53. The summed E-state index contributed by atoms with van der Waals surface area (Å²) in [6.45, 7) is 2.81. The lowest BCUT2D eigenvalue weighted by atomic mass is 10.1. The van der Waals surface area contributed by atoms with Gasteiger partial charge in [0, 0.05) is 23.9 Å². The van der Waals surface area contributed by atoms with Gasteiger partial charge < -0.3 is 0 Å². The zero-order chi connectivity index (χ0) is 14.1. The number of carbonyl (C=O) groups is 1. The first-order valence-corrected chi connectivity index (χ1v) is 8.12. The van der Waals surface area contributed by atoms with Crippen LogP contribution < -0.4 is 4.90 Å². The topological polar surface area (TPSA) is 33.2 Å². The van der Waals surface area contributed by atoms with Crippen molar-refractivity contribution in [1.82, 2.24) is 4.98 Å². The lowest BCUT2D eigenvalue weighted by Gasteiger charge is -2.11. The van der Waals surface area contributed by atoms with Crippen LogP contribution in [0.3, 0.4) is 0 Å². The first kappa shape index (κ1) is 13.6. The highest BCUT2D eigenvalue weighted by Gasteiger charge is 2.31. The van der Waals surface area contributed by atoms with E-state index >= 15 is 0 Å². The summed E-state index contributed by atoms with van der Waals surface area (Å²) in [6.07, 6.45) is 0.586. The first-order chi connectivity index (χ1) is 9.67. The molecule has 1 amide bonds. The Morgan fingerprint density at radius 1 is 1.40 bits per heavy atom. The molecule has 0 saturated carbocycles. The van der Waals surface area contributed by atoms with Gasteiger partial charge in [-0.05, 0) is 18.6 Å². The fourth-order valence-electron chi connectivity index (χ4n) is 2.33. The second kappa shape index (κ2) is 5.58. The molecule has 5 heteroatoms. The largest absolute Gasteiger partial charge is 0.288 e. The third kappa shape index (κ3) is 2.60. The number of thiol groups is 1.